The molecule has 0 spiro atoms. The molecule has 2 fully saturated rings. The van der Waals surface area contributed by atoms with Gasteiger partial charge in [-0.2, -0.15) is 0 Å². The first-order valence-electron chi connectivity index (χ1n) is 8.61. The smallest absolute Gasteiger partial charge is 0.293 e. The third-order valence-corrected chi connectivity index (χ3v) is 5.56. The quantitative estimate of drug-likeness (QED) is 0.840. The second kappa shape index (κ2) is 6.10. The zero-order valence-electron chi connectivity index (χ0n) is 14.1. The van der Waals surface area contributed by atoms with E-state index in [0.29, 0.717) is 37.3 Å². The van der Waals surface area contributed by atoms with E-state index >= 15 is 0 Å². The van der Waals surface area contributed by atoms with Crippen LogP contribution in [-0.2, 0) is 11.8 Å². The van der Waals surface area contributed by atoms with Crippen molar-refractivity contribution in [2.24, 2.45) is 18.9 Å². The predicted molar refractivity (Wildman–Crippen MR) is 92.1 cm³/mol. The predicted octanol–water partition coefficient (Wildman–Crippen LogP) is 2.12. The maximum atomic E-state index is 14.1. The van der Waals surface area contributed by atoms with Crippen molar-refractivity contribution in [1.82, 2.24) is 9.55 Å². The van der Waals surface area contributed by atoms with Gasteiger partial charge in [0.05, 0.1) is 0 Å². The van der Waals surface area contributed by atoms with Crippen LogP contribution in [0.3, 0.4) is 0 Å². The highest BCUT2D eigenvalue weighted by molar-refractivity contribution is 5.90. The number of halogens is 1. The van der Waals surface area contributed by atoms with Crippen LogP contribution in [0.15, 0.2) is 41.5 Å². The average Bonchev–Trinajstić information content (AvgIpc) is 2.94. The van der Waals surface area contributed by atoms with Crippen molar-refractivity contribution < 1.29 is 9.18 Å². The minimum Gasteiger partial charge on any atom is -0.352 e. The summed E-state index contributed by atoms with van der Waals surface area (Å²) in [6.07, 6.45) is 4.57. The van der Waals surface area contributed by atoms with Crippen molar-refractivity contribution in [1.29, 1.82) is 0 Å². The van der Waals surface area contributed by atoms with Crippen LogP contribution < -0.4 is 10.5 Å². The van der Waals surface area contributed by atoms with Crippen molar-refractivity contribution in [3.63, 3.8) is 0 Å². The Labute approximate surface area is 145 Å². The van der Waals surface area contributed by atoms with E-state index in [1.54, 1.807) is 37.6 Å². The Morgan fingerprint density at radius 3 is 2.84 bits per heavy atom. The Balaban J connectivity index is 1.59. The molecule has 0 radical (unpaired) electrons. The number of rotatable bonds is 2. The van der Waals surface area contributed by atoms with E-state index in [4.69, 9.17) is 0 Å². The van der Waals surface area contributed by atoms with Crippen LogP contribution in [-0.4, -0.2) is 28.4 Å². The summed E-state index contributed by atoms with van der Waals surface area (Å²) >= 11 is 0. The van der Waals surface area contributed by atoms with Gasteiger partial charge in [-0.3, -0.25) is 9.59 Å². The molecule has 130 valence electrons. The first-order chi connectivity index (χ1) is 12.1. The van der Waals surface area contributed by atoms with Gasteiger partial charge in [-0.1, -0.05) is 18.2 Å². The number of carbonyl (C=O) groups is 1. The van der Waals surface area contributed by atoms with Crippen LogP contribution in [0.25, 0.3) is 0 Å². The number of hydrogen-bond donors (Lipinski definition) is 0. The second-order valence-corrected chi connectivity index (χ2v) is 6.98. The number of fused-ring (bicyclic) bond motifs is 1. The number of Topliss-reactive ketones (excluding diaryl/α,β-unsaturated/α-hetero) is 1. The molecule has 0 bridgehead atoms. The fourth-order valence-corrected chi connectivity index (χ4v) is 4.25. The molecule has 1 aliphatic carbocycles. The van der Waals surface area contributed by atoms with Gasteiger partial charge in [0.1, 0.15) is 11.6 Å². The lowest BCUT2D eigenvalue weighted by atomic mass is 9.88. The van der Waals surface area contributed by atoms with Crippen LogP contribution in [0.1, 0.15) is 24.3 Å². The summed E-state index contributed by atoms with van der Waals surface area (Å²) < 4.78 is 15.6. The maximum Gasteiger partial charge on any atom is 0.293 e. The Morgan fingerprint density at radius 2 is 2.04 bits per heavy atom. The van der Waals surface area contributed by atoms with Gasteiger partial charge in [0.2, 0.25) is 0 Å². The molecular formula is C19H20FN3O2. The second-order valence-electron chi connectivity index (χ2n) is 6.98. The molecule has 1 saturated carbocycles. The first-order valence-corrected chi connectivity index (χ1v) is 8.61. The molecule has 0 amide bonds. The molecule has 1 aliphatic heterocycles. The fourth-order valence-electron chi connectivity index (χ4n) is 4.25. The monoisotopic (exact) mass is 341 g/mol. The summed E-state index contributed by atoms with van der Waals surface area (Å²) in [5, 5.41) is 0. The van der Waals surface area contributed by atoms with E-state index in [1.165, 1.54) is 10.6 Å². The van der Waals surface area contributed by atoms with Gasteiger partial charge in [0, 0.05) is 44.4 Å². The number of hydrogen-bond acceptors (Lipinski definition) is 4. The van der Waals surface area contributed by atoms with Gasteiger partial charge in [-0.15, -0.1) is 0 Å². The number of ketones is 1. The fraction of sp³-hybridized carbons (Fsp3) is 0.421. The zero-order valence-corrected chi connectivity index (χ0v) is 14.1. The molecule has 4 rings (SSSR count). The number of aryl methyl sites for hydroxylation is 1. The molecule has 0 N–H and O–H groups in total. The molecule has 1 saturated heterocycles. The van der Waals surface area contributed by atoms with Gasteiger partial charge in [0.25, 0.3) is 5.56 Å². The van der Waals surface area contributed by atoms with Crippen molar-refractivity contribution in [2.75, 3.05) is 18.0 Å². The van der Waals surface area contributed by atoms with Gasteiger partial charge in [-0.05, 0) is 30.4 Å². The number of anilines is 1. The number of nitrogens with zero attached hydrogens (tertiary/aromatic N) is 3. The maximum absolute atomic E-state index is 14.1. The Hall–Kier alpha value is -2.50. The van der Waals surface area contributed by atoms with Crippen LogP contribution >= 0.6 is 0 Å². The van der Waals surface area contributed by atoms with Gasteiger partial charge < -0.3 is 9.47 Å². The highest BCUT2D eigenvalue weighted by atomic mass is 19.1. The first kappa shape index (κ1) is 16.0. The van der Waals surface area contributed by atoms with Crippen LogP contribution in [0.2, 0.25) is 0 Å². The SMILES string of the molecule is Cn1ccnc(N2CCC3C(=O)C(c4ccccc4F)CC3C2)c1=O. The largest absolute Gasteiger partial charge is 0.352 e. The van der Waals surface area contributed by atoms with E-state index in [0.717, 1.165) is 0 Å². The number of carbonyl (C=O) groups excluding carboxylic acids is 1. The van der Waals surface area contributed by atoms with Crippen LogP contribution in [0.5, 0.6) is 0 Å². The molecule has 2 aromatic rings. The van der Waals surface area contributed by atoms with Crippen LogP contribution in [0, 0.1) is 17.7 Å². The summed E-state index contributed by atoms with van der Waals surface area (Å²) in [6.45, 7) is 1.25. The average molecular weight is 341 g/mol. The normalized spacial score (nSPS) is 25.9. The van der Waals surface area contributed by atoms with E-state index in [9.17, 15) is 14.0 Å². The molecular weight excluding hydrogens is 321 g/mol. The minimum atomic E-state index is -0.372. The number of aromatic nitrogens is 2. The molecule has 2 aliphatic rings. The third kappa shape index (κ3) is 2.65. The Kier molecular flexibility index (Phi) is 3.90. The molecule has 25 heavy (non-hydrogen) atoms. The molecule has 3 unspecified atom stereocenters. The number of benzene rings is 1. The summed E-state index contributed by atoms with van der Waals surface area (Å²) in [6, 6.07) is 6.54. The van der Waals surface area contributed by atoms with Crippen LogP contribution in [0.4, 0.5) is 10.2 Å². The van der Waals surface area contributed by atoms with Gasteiger partial charge in [0.15, 0.2) is 5.82 Å². The standard InChI is InChI=1S/C19H20FN3O2/c1-22-9-7-21-18(19(22)25)23-8-6-13-12(11-23)10-15(17(13)24)14-4-2-3-5-16(14)20/h2-5,7,9,12-13,15H,6,8,10-11H2,1H3. The molecule has 3 atom stereocenters. The lowest BCUT2D eigenvalue weighted by Crippen LogP contribution is -2.43. The summed E-state index contributed by atoms with van der Waals surface area (Å²) in [4.78, 5) is 31.3. The van der Waals surface area contributed by atoms with E-state index in [-0.39, 0.29) is 34.9 Å². The van der Waals surface area contributed by atoms with Crippen molar-refractivity contribution >= 4 is 11.6 Å². The Bertz CT molecular complexity index is 879. The molecule has 5 nitrogen and oxygen atoms in total. The summed E-state index contributed by atoms with van der Waals surface area (Å²) in [7, 11) is 1.70. The third-order valence-electron chi connectivity index (χ3n) is 5.56. The van der Waals surface area contributed by atoms with E-state index in [2.05, 4.69) is 4.98 Å². The number of piperidine rings is 1. The molecule has 1 aromatic heterocycles. The van der Waals surface area contributed by atoms with Crippen molar-refractivity contribution in [3.05, 3.63) is 58.4 Å². The lowest BCUT2D eigenvalue weighted by Gasteiger charge is -2.34. The topological polar surface area (TPSA) is 55.2 Å². The molecule has 1 aromatic carbocycles. The molecule has 2 heterocycles. The summed E-state index contributed by atoms with van der Waals surface area (Å²) in [5.74, 6) is -0.0161. The lowest BCUT2D eigenvalue weighted by molar-refractivity contribution is -0.122. The van der Waals surface area contributed by atoms with Crippen molar-refractivity contribution in [3.8, 4) is 0 Å². The highest BCUT2D eigenvalue weighted by Crippen LogP contribution is 2.44. The highest BCUT2D eigenvalue weighted by Gasteiger charge is 2.46. The minimum absolute atomic E-state index is 0.0478. The summed E-state index contributed by atoms with van der Waals surface area (Å²) in [5.41, 5.74) is 0.373. The van der Waals surface area contributed by atoms with Gasteiger partial charge >= 0.3 is 0 Å². The molecule has 6 heteroatoms. The van der Waals surface area contributed by atoms with E-state index in [1.807, 2.05) is 4.90 Å². The van der Waals surface area contributed by atoms with E-state index < -0.39 is 0 Å². The van der Waals surface area contributed by atoms with Crippen molar-refractivity contribution in [2.45, 2.75) is 18.8 Å². The van der Waals surface area contributed by atoms with Gasteiger partial charge in [-0.25, -0.2) is 9.37 Å². The Morgan fingerprint density at radius 1 is 1.24 bits per heavy atom. The zero-order chi connectivity index (χ0) is 17.6.